The molecule has 0 aliphatic carbocycles. The van der Waals surface area contributed by atoms with Crippen LogP contribution in [-0.2, 0) is 0 Å². The highest BCUT2D eigenvalue weighted by molar-refractivity contribution is 6.12. The molecule has 0 aliphatic heterocycles. The number of nitrogens with zero attached hydrogens (tertiary/aromatic N) is 1. The topological polar surface area (TPSA) is 57.8 Å². The van der Waals surface area contributed by atoms with Gasteiger partial charge in [-0.2, -0.15) is 0 Å². The molecule has 0 bridgehead atoms. The van der Waals surface area contributed by atoms with Gasteiger partial charge in [-0.25, -0.2) is 9.37 Å². The number of halogens is 1. The number of benzene rings is 2. The molecule has 1 aromatic heterocycles. The number of nitrogens with one attached hydrogen (secondary N) is 2. The summed E-state index contributed by atoms with van der Waals surface area (Å²) in [6.45, 7) is 0. The lowest BCUT2D eigenvalue weighted by molar-refractivity contribution is 0.102. The van der Waals surface area contributed by atoms with E-state index >= 15 is 0 Å². The van der Waals surface area contributed by atoms with Gasteiger partial charge in [0.15, 0.2) is 0 Å². The number of hydrogen-bond donors (Lipinski definition) is 2. The van der Waals surface area contributed by atoms with Gasteiger partial charge >= 0.3 is 0 Å². The second kappa shape index (κ2) is 4.53. The minimum atomic E-state index is -0.342. The maximum Gasteiger partial charge on any atom is 0.258 e. The summed E-state index contributed by atoms with van der Waals surface area (Å²) in [6, 6.07) is 9.63. The summed E-state index contributed by atoms with van der Waals surface area (Å²) >= 11 is 0. The van der Waals surface area contributed by atoms with Gasteiger partial charge in [0.05, 0.1) is 0 Å². The standard InChI is InChI=1S/C14H10FN3O/c15-12-6-5-11(9-3-1-2-4-10(9)12)13(19)18-14-16-7-8-17-14/h1-8H,(H2,16,17,18,19). The fourth-order valence-electron chi connectivity index (χ4n) is 1.97. The van der Waals surface area contributed by atoms with Crippen LogP contribution in [0.15, 0.2) is 48.8 Å². The second-order valence-corrected chi connectivity index (χ2v) is 4.03. The fourth-order valence-corrected chi connectivity index (χ4v) is 1.97. The molecule has 3 rings (SSSR count). The fraction of sp³-hybridized carbons (Fsp3) is 0. The summed E-state index contributed by atoms with van der Waals surface area (Å²) in [6.07, 6.45) is 3.15. The molecule has 19 heavy (non-hydrogen) atoms. The van der Waals surface area contributed by atoms with Gasteiger partial charge in [0.1, 0.15) is 5.82 Å². The molecule has 94 valence electrons. The Hall–Kier alpha value is -2.69. The summed E-state index contributed by atoms with van der Waals surface area (Å²) in [7, 11) is 0. The number of aromatic amines is 1. The molecule has 0 fully saturated rings. The van der Waals surface area contributed by atoms with E-state index in [0.29, 0.717) is 22.3 Å². The number of H-pyrrole nitrogens is 1. The number of aromatic nitrogens is 2. The minimum Gasteiger partial charge on any atom is -0.331 e. The van der Waals surface area contributed by atoms with E-state index in [1.165, 1.54) is 12.1 Å². The highest BCUT2D eigenvalue weighted by Crippen LogP contribution is 2.22. The zero-order valence-corrected chi connectivity index (χ0v) is 9.85. The van der Waals surface area contributed by atoms with Crippen molar-refractivity contribution in [2.45, 2.75) is 0 Å². The Morgan fingerprint density at radius 3 is 2.68 bits per heavy atom. The van der Waals surface area contributed by atoms with Crippen molar-refractivity contribution in [3.8, 4) is 0 Å². The van der Waals surface area contributed by atoms with Crippen molar-refractivity contribution in [2.24, 2.45) is 0 Å². The monoisotopic (exact) mass is 255 g/mol. The first-order valence-corrected chi connectivity index (χ1v) is 5.73. The molecule has 3 aromatic rings. The van der Waals surface area contributed by atoms with E-state index < -0.39 is 0 Å². The van der Waals surface area contributed by atoms with E-state index in [-0.39, 0.29) is 11.7 Å². The quantitative estimate of drug-likeness (QED) is 0.739. The van der Waals surface area contributed by atoms with Crippen LogP contribution < -0.4 is 5.32 Å². The van der Waals surface area contributed by atoms with Crippen molar-refractivity contribution in [1.29, 1.82) is 0 Å². The number of amides is 1. The third kappa shape index (κ3) is 2.06. The number of rotatable bonds is 2. The third-order valence-electron chi connectivity index (χ3n) is 2.85. The van der Waals surface area contributed by atoms with Gasteiger partial charge in [0.2, 0.25) is 5.95 Å². The van der Waals surface area contributed by atoms with Gasteiger partial charge in [-0.1, -0.05) is 24.3 Å². The van der Waals surface area contributed by atoms with Crippen molar-refractivity contribution in [2.75, 3.05) is 5.32 Å². The highest BCUT2D eigenvalue weighted by atomic mass is 19.1. The van der Waals surface area contributed by atoms with Crippen LogP contribution in [0.3, 0.4) is 0 Å². The largest absolute Gasteiger partial charge is 0.331 e. The molecule has 2 aromatic carbocycles. The molecular weight excluding hydrogens is 245 g/mol. The van der Waals surface area contributed by atoms with Crippen molar-refractivity contribution < 1.29 is 9.18 Å². The predicted octanol–water partition coefficient (Wildman–Crippen LogP) is 2.95. The van der Waals surface area contributed by atoms with E-state index in [4.69, 9.17) is 0 Å². The molecule has 1 amide bonds. The Morgan fingerprint density at radius 1 is 1.16 bits per heavy atom. The average molecular weight is 255 g/mol. The molecule has 1 heterocycles. The van der Waals surface area contributed by atoms with Gasteiger partial charge in [-0.05, 0) is 17.5 Å². The molecule has 2 N–H and O–H groups in total. The Morgan fingerprint density at radius 2 is 1.95 bits per heavy atom. The highest BCUT2D eigenvalue weighted by Gasteiger charge is 2.13. The van der Waals surface area contributed by atoms with Crippen LogP contribution in [0.2, 0.25) is 0 Å². The Kier molecular flexibility index (Phi) is 2.72. The number of carbonyl (C=O) groups is 1. The van der Waals surface area contributed by atoms with Gasteiger partial charge in [-0.3, -0.25) is 10.1 Å². The number of hydrogen-bond acceptors (Lipinski definition) is 2. The van der Waals surface area contributed by atoms with E-state index in [1.54, 1.807) is 36.7 Å². The first-order valence-electron chi connectivity index (χ1n) is 5.73. The Labute approximate surface area is 108 Å². The van der Waals surface area contributed by atoms with E-state index in [1.807, 2.05) is 0 Å². The number of fused-ring (bicyclic) bond motifs is 1. The van der Waals surface area contributed by atoms with Crippen LogP contribution in [0.4, 0.5) is 10.3 Å². The molecule has 4 nitrogen and oxygen atoms in total. The number of anilines is 1. The van der Waals surface area contributed by atoms with Crippen molar-refractivity contribution in [3.63, 3.8) is 0 Å². The predicted molar refractivity (Wildman–Crippen MR) is 70.4 cm³/mol. The van der Waals surface area contributed by atoms with Crippen LogP contribution >= 0.6 is 0 Å². The van der Waals surface area contributed by atoms with Crippen LogP contribution in [0.5, 0.6) is 0 Å². The molecule has 0 saturated heterocycles. The lowest BCUT2D eigenvalue weighted by atomic mass is 10.0. The van der Waals surface area contributed by atoms with Gasteiger partial charge < -0.3 is 4.98 Å². The third-order valence-corrected chi connectivity index (χ3v) is 2.85. The van der Waals surface area contributed by atoms with E-state index in [0.717, 1.165) is 0 Å². The summed E-state index contributed by atoms with van der Waals surface area (Å²) in [5, 5.41) is 3.62. The van der Waals surface area contributed by atoms with E-state index in [9.17, 15) is 9.18 Å². The second-order valence-electron chi connectivity index (χ2n) is 4.03. The maximum atomic E-state index is 13.7. The van der Waals surface area contributed by atoms with Crippen molar-refractivity contribution in [3.05, 3.63) is 60.2 Å². The lowest BCUT2D eigenvalue weighted by Crippen LogP contribution is -2.13. The SMILES string of the molecule is O=C(Nc1ncc[nH]1)c1ccc(F)c2ccccc12. The summed E-state index contributed by atoms with van der Waals surface area (Å²) in [5.41, 5.74) is 0.411. The zero-order valence-electron chi connectivity index (χ0n) is 9.85. The molecular formula is C14H10FN3O. The summed E-state index contributed by atoms with van der Waals surface area (Å²) in [5.74, 6) is -0.310. The first-order chi connectivity index (χ1) is 9.25. The Balaban J connectivity index is 2.05. The van der Waals surface area contributed by atoms with Crippen molar-refractivity contribution >= 4 is 22.6 Å². The molecule has 0 radical (unpaired) electrons. The van der Waals surface area contributed by atoms with Crippen LogP contribution in [0, 0.1) is 5.82 Å². The summed E-state index contributed by atoms with van der Waals surface area (Å²) < 4.78 is 13.7. The van der Waals surface area contributed by atoms with Gasteiger partial charge in [0.25, 0.3) is 5.91 Å². The molecule has 0 spiro atoms. The number of imidazole rings is 1. The molecule has 0 unspecified atom stereocenters. The van der Waals surface area contributed by atoms with Crippen LogP contribution in [0.1, 0.15) is 10.4 Å². The van der Waals surface area contributed by atoms with Crippen molar-refractivity contribution in [1.82, 2.24) is 9.97 Å². The average Bonchev–Trinajstić information content (AvgIpc) is 2.92. The lowest BCUT2D eigenvalue weighted by Gasteiger charge is -2.07. The van der Waals surface area contributed by atoms with E-state index in [2.05, 4.69) is 15.3 Å². The van der Waals surface area contributed by atoms with Gasteiger partial charge in [-0.15, -0.1) is 0 Å². The summed E-state index contributed by atoms with van der Waals surface area (Å²) in [4.78, 5) is 18.8. The molecule has 0 saturated carbocycles. The Bertz CT molecular complexity index is 738. The number of carbonyl (C=O) groups excluding carboxylic acids is 1. The molecule has 0 aliphatic rings. The molecule has 0 atom stereocenters. The smallest absolute Gasteiger partial charge is 0.258 e. The zero-order chi connectivity index (χ0) is 13.2. The molecule has 5 heteroatoms. The van der Waals surface area contributed by atoms with Crippen LogP contribution in [0.25, 0.3) is 10.8 Å². The van der Waals surface area contributed by atoms with Gasteiger partial charge in [0, 0.05) is 23.3 Å². The minimum absolute atomic E-state index is 0.328. The van der Waals surface area contributed by atoms with Crippen LogP contribution in [-0.4, -0.2) is 15.9 Å². The normalized spacial score (nSPS) is 10.6. The maximum absolute atomic E-state index is 13.7. The first kappa shape index (κ1) is 11.4.